The van der Waals surface area contributed by atoms with Crippen LogP contribution >= 0.6 is 0 Å². The lowest BCUT2D eigenvalue weighted by Crippen LogP contribution is -2.45. The Labute approximate surface area is 123 Å². The smallest absolute Gasteiger partial charge is 0.269 e. The van der Waals surface area contributed by atoms with Gasteiger partial charge in [0.2, 0.25) is 0 Å². The van der Waals surface area contributed by atoms with Crippen molar-refractivity contribution < 1.29 is 9.31 Å². The Morgan fingerprint density at radius 1 is 1.52 bits per heavy atom. The van der Waals surface area contributed by atoms with E-state index in [0.717, 1.165) is 31.8 Å². The van der Waals surface area contributed by atoms with Crippen LogP contribution in [0.3, 0.4) is 0 Å². The molecule has 1 aliphatic heterocycles. The number of nitro groups is 1. The van der Waals surface area contributed by atoms with Gasteiger partial charge >= 0.3 is 0 Å². The third-order valence-electron chi connectivity index (χ3n) is 3.68. The summed E-state index contributed by atoms with van der Waals surface area (Å²) in [5.41, 5.74) is 1.24. The van der Waals surface area contributed by atoms with Gasteiger partial charge in [0.25, 0.3) is 5.69 Å². The molecule has 1 saturated heterocycles. The van der Waals surface area contributed by atoms with Crippen LogP contribution in [-0.4, -0.2) is 36.0 Å². The molecule has 1 N–H and O–H groups in total. The zero-order valence-corrected chi connectivity index (χ0v) is 12.1. The van der Waals surface area contributed by atoms with Crippen molar-refractivity contribution in [3.63, 3.8) is 0 Å². The molecule has 1 aromatic carbocycles. The molecule has 0 unspecified atom stereocenters. The fourth-order valence-corrected chi connectivity index (χ4v) is 2.66. The first kappa shape index (κ1) is 15.6. The molecule has 0 aliphatic carbocycles. The summed E-state index contributed by atoms with van der Waals surface area (Å²) < 4.78 is 14.2. The highest BCUT2D eigenvalue weighted by atomic mass is 19.1. The van der Waals surface area contributed by atoms with Crippen molar-refractivity contribution in [3.05, 3.63) is 51.8 Å². The molecule has 1 fully saturated rings. The van der Waals surface area contributed by atoms with E-state index in [1.54, 1.807) is 0 Å². The molecule has 0 saturated carbocycles. The molecular weight excluding hydrogens is 273 g/mol. The minimum absolute atomic E-state index is 0.0757. The molecular formula is C15H20FN3O2. The number of piperazine rings is 1. The van der Waals surface area contributed by atoms with Crippen LogP contribution in [-0.2, 0) is 0 Å². The third-order valence-corrected chi connectivity index (χ3v) is 3.68. The van der Waals surface area contributed by atoms with Crippen molar-refractivity contribution >= 4 is 5.69 Å². The molecule has 6 heteroatoms. The number of non-ortho nitro benzene ring substituents is 1. The first-order chi connectivity index (χ1) is 9.99. The van der Waals surface area contributed by atoms with Crippen LogP contribution in [0, 0.1) is 15.9 Å². The van der Waals surface area contributed by atoms with Crippen molar-refractivity contribution in [1.29, 1.82) is 0 Å². The van der Waals surface area contributed by atoms with E-state index in [2.05, 4.69) is 16.8 Å². The fourth-order valence-electron chi connectivity index (χ4n) is 2.66. The van der Waals surface area contributed by atoms with Crippen LogP contribution < -0.4 is 5.32 Å². The summed E-state index contributed by atoms with van der Waals surface area (Å²) in [7, 11) is 0. The maximum absolute atomic E-state index is 14.2. The van der Waals surface area contributed by atoms with Crippen molar-refractivity contribution in [1.82, 2.24) is 10.2 Å². The van der Waals surface area contributed by atoms with E-state index in [9.17, 15) is 14.5 Å². The summed E-state index contributed by atoms with van der Waals surface area (Å²) in [5, 5.41) is 14.2. The summed E-state index contributed by atoms with van der Waals surface area (Å²) in [6, 6.07) is 3.53. The van der Waals surface area contributed by atoms with E-state index in [1.165, 1.54) is 18.2 Å². The van der Waals surface area contributed by atoms with Crippen LogP contribution in [0.4, 0.5) is 10.1 Å². The number of nitro benzene ring substituents is 1. The number of nitrogens with one attached hydrogen (secondary N) is 1. The lowest BCUT2D eigenvalue weighted by Gasteiger charge is -2.35. The highest BCUT2D eigenvalue weighted by Crippen LogP contribution is 2.31. The summed E-state index contributed by atoms with van der Waals surface area (Å²) in [4.78, 5) is 12.6. The van der Waals surface area contributed by atoms with Crippen molar-refractivity contribution in [2.24, 2.45) is 0 Å². The van der Waals surface area contributed by atoms with E-state index in [0.29, 0.717) is 12.0 Å². The predicted molar refractivity (Wildman–Crippen MR) is 79.7 cm³/mol. The third kappa shape index (κ3) is 3.86. The number of hydrogen-bond acceptors (Lipinski definition) is 4. The second-order valence-corrected chi connectivity index (χ2v) is 5.43. The number of nitrogens with zero attached hydrogens (tertiary/aromatic N) is 2. The quantitative estimate of drug-likeness (QED) is 0.515. The van der Waals surface area contributed by atoms with Gasteiger partial charge in [-0.25, -0.2) is 4.39 Å². The molecule has 114 valence electrons. The molecule has 0 bridgehead atoms. The minimum atomic E-state index is -0.488. The average molecular weight is 293 g/mol. The molecule has 1 atom stereocenters. The standard InChI is InChI=1S/C15H20FN3O2/c1-11(2)9-15(18-7-5-17-6-8-18)13-10-12(19(20)21)3-4-14(13)16/h3-4,10,15,17H,1,5-9H2,2H3/t15-/m1/s1. The van der Waals surface area contributed by atoms with Gasteiger partial charge in [-0.15, -0.1) is 6.58 Å². The first-order valence-electron chi connectivity index (χ1n) is 7.02. The SMILES string of the molecule is C=C(C)C[C@H](c1cc([N+](=O)[O-])ccc1F)N1CCNCC1. The second kappa shape index (κ2) is 6.78. The van der Waals surface area contributed by atoms with Gasteiger partial charge in [-0.1, -0.05) is 5.57 Å². The Morgan fingerprint density at radius 2 is 2.19 bits per heavy atom. The van der Waals surface area contributed by atoms with Gasteiger partial charge in [0.1, 0.15) is 5.82 Å². The Kier molecular flexibility index (Phi) is 5.03. The first-order valence-corrected chi connectivity index (χ1v) is 7.02. The zero-order chi connectivity index (χ0) is 15.4. The van der Waals surface area contributed by atoms with Gasteiger partial charge in [-0.3, -0.25) is 15.0 Å². The van der Waals surface area contributed by atoms with Crippen LogP contribution in [0.15, 0.2) is 30.4 Å². The van der Waals surface area contributed by atoms with E-state index in [-0.39, 0.29) is 11.7 Å². The Balaban J connectivity index is 2.36. The maximum atomic E-state index is 14.2. The van der Waals surface area contributed by atoms with Gasteiger partial charge in [0.15, 0.2) is 0 Å². The van der Waals surface area contributed by atoms with Crippen LogP contribution in [0.5, 0.6) is 0 Å². The van der Waals surface area contributed by atoms with Gasteiger partial charge in [0, 0.05) is 49.9 Å². The van der Waals surface area contributed by atoms with E-state index in [4.69, 9.17) is 0 Å². The summed E-state index contributed by atoms with van der Waals surface area (Å²) in [6.45, 7) is 9.05. The van der Waals surface area contributed by atoms with Gasteiger partial charge in [-0.05, 0) is 19.4 Å². The van der Waals surface area contributed by atoms with Crippen molar-refractivity contribution in [2.45, 2.75) is 19.4 Å². The van der Waals surface area contributed by atoms with E-state index < -0.39 is 10.7 Å². The van der Waals surface area contributed by atoms with Gasteiger partial charge in [-0.2, -0.15) is 0 Å². The minimum Gasteiger partial charge on any atom is -0.314 e. The predicted octanol–water partition coefficient (Wildman–Crippen LogP) is 2.65. The fraction of sp³-hybridized carbons (Fsp3) is 0.467. The number of benzene rings is 1. The van der Waals surface area contributed by atoms with E-state index in [1.807, 2.05) is 6.92 Å². The summed E-state index contributed by atoms with van der Waals surface area (Å²) in [6.07, 6.45) is 0.595. The summed E-state index contributed by atoms with van der Waals surface area (Å²) in [5.74, 6) is -0.398. The van der Waals surface area contributed by atoms with Crippen LogP contribution in [0.1, 0.15) is 24.9 Å². The molecule has 2 rings (SSSR count). The monoisotopic (exact) mass is 293 g/mol. The van der Waals surface area contributed by atoms with Crippen LogP contribution in [0.2, 0.25) is 0 Å². The van der Waals surface area contributed by atoms with Gasteiger partial charge in [0.05, 0.1) is 4.92 Å². The number of halogens is 1. The Morgan fingerprint density at radius 3 is 2.76 bits per heavy atom. The molecule has 0 aromatic heterocycles. The second-order valence-electron chi connectivity index (χ2n) is 5.43. The Bertz CT molecular complexity index is 542. The molecule has 0 spiro atoms. The zero-order valence-electron chi connectivity index (χ0n) is 12.1. The molecule has 1 aromatic rings. The molecule has 5 nitrogen and oxygen atoms in total. The van der Waals surface area contributed by atoms with Crippen LogP contribution in [0.25, 0.3) is 0 Å². The molecule has 1 aliphatic rings. The lowest BCUT2D eigenvalue weighted by molar-refractivity contribution is -0.385. The van der Waals surface area contributed by atoms with Crippen molar-refractivity contribution in [2.75, 3.05) is 26.2 Å². The number of rotatable bonds is 5. The van der Waals surface area contributed by atoms with E-state index >= 15 is 0 Å². The molecule has 0 radical (unpaired) electrons. The van der Waals surface area contributed by atoms with Gasteiger partial charge < -0.3 is 5.32 Å². The molecule has 0 amide bonds. The lowest BCUT2D eigenvalue weighted by atomic mass is 9.97. The normalized spacial score (nSPS) is 17.4. The van der Waals surface area contributed by atoms with Crippen molar-refractivity contribution in [3.8, 4) is 0 Å². The highest BCUT2D eigenvalue weighted by Gasteiger charge is 2.26. The Hall–Kier alpha value is -1.79. The molecule has 21 heavy (non-hydrogen) atoms. The average Bonchev–Trinajstić information content (AvgIpc) is 2.46. The molecule has 1 heterocycles. The topological polar surface area (TPSA) is 58.4 Å². The summed E-state index contributed by atoms with van der Waals surface area (Å²) >= 11 is 0. The maximum Gasteiger partial charge on any atom is 0.269 e. The number of hydrogen-bond donors (Lipinski definition) is 1. The largest absolute Gasteiger partial charge is 0.314 e. The highest BCUT2D eigenvalue weighted by molar-refractivity contribution is 5.37.